The molecule has 0 aliphatic heterocycles. The van der Waals surface area contributed by atoms with Gasteiger partial charge in [0.1, 0.15) is 17.4 Å². The number of ether oxygens (including phenoxy) is 1. The summed E-state index contributed by atoms with van der Waals surface area (Å²) in [5.74, 6) is -0.895. The van der Waals surface area contributed by atoms with Gasteiger partial charge in [-0.25, -0.2) is 8.78 Å². The first kappa shape index (κ1) is 12.2. The fourth-order valence-electron chi connectivity index (χ4n) is 1.72. The highest BCUT2D eigenvalue weighted by molar-refractivity contribution is 5.83. The number of benzene rings is 2. The normalized spacial score (nSPS) is 10.2. The predicted octanol–water partition coefficient (Wildman–Crippen LogP) is 3.45. The lowest BCUT2D eigenvalue weighted by Crippen LogP contribution is -1.92. The third-order valence-electron chi connectivity index (χ3n) is 2.60. The maximum absolute atomic E-state index is 13.6. The molecule has 0 spiro atoms. The van der Waals surface area contributed by atoms with Gasteiger partial charge < -0.3 is 4.74 Å². The molecule has 0 bridgehead atoms. The van der Waals surface area contributed by atoms with Gasteiger partial charge in [-0.3, -0.25) is 4.79 Å². The van der Waals surface area contributed by atoms with Crippen molar-refractivity contribution in [2.24, 2.45) is 0 Å². The van der Waals surface area contributed by atoms with Crippen LogP contribution in [0.2, 0.25) is 0 Å². The maximum atomic E-state index is 13.6. The van der Waals surface area contributed by atoms with Gasteiger partial charge in [-0.05, 0) is 29.8 Å². The van der Waals surface area contributed by atoms with E-state index in [0.29, 0.717) is 23.2 Å². The lowest BCUT2D eigenvalue weighted by molar-refractivity contribution is 0.112. The summed E-state index contributed by atoms with van der Waals surface area (Å²) in [7, 11) is 1.44. The molecule has 2 nitrogen and oxygen atoms in total. The molecule has 92 valence electrons. The number of carbonyl (C=O) groups excluding carboxylic acids is 1. The molecule has 18 heavy (non-hydrogen) atoms. The van der Waals surface area contributed by atoms with Crippen LogP contribution < -0.4 is 4.74 Å². The molecule has 0 atom stereocenters. The summed E-state index contributed by atoms with van der Waals surface area (Å²) in [5.41, 5.74) is 1.05. The molecule has 4 heteroatoms. The van der Waals surface area contributed by atoms with E-state index in [2.05, 4.69) is 0 Å². The number of rotatable bonds is 3. The van der Waals surface area contributed by atoms with Crippen molar-refractivity contribution in [1.29, 1.82) is 0 Å². The van der Waals surface area contributed by atoms with Crippen LogP contribution in [0.3, 0.4) is 0 Å². The van der Waals surface area contributed by atoms with Crippen LogP contribution in [0.15, 0.2) is 36.4 Å². The molecule has 0 aliphatic rings. The number of hydrogen-bond donors (Lipinski definition) is 0. The van der Waals surface area contributed by atoms with Crippen LogP contribution in [0.5, 0.6) is 5.75 Å². The third-order valence-corrected chi connectivity index (χ3v) is 2.60. The molecule has 0 saturated heterocycles. The van der Waals surface area contributed by atoms with E-state index in [1.165, 1.54) is 25.3 Å². The summed E-state index contributed by atoms with van der Waals surface area (Å²) in [6, 6.07) is 8.00. The van der Waals surface area contributed by atoms with Gasteiger partial charge in [0.2, 0.25) is 0 Å². The quantitative estimate of drug-likeness (QED) is 0.777. The van der Waals surface area contributed by atoms with Crippen molar-refractivity contribution in [2.75, 3.05) is 7.11 Å². The Balaban J connectivity index is 2.54. The first-order chi connectivity index (χ1) is 8.65. The standard InChI is InChI=1S/C14H10F2O2/c1-18-14-5-2-9(6-10(14)8-17)12-4-3-11(15)7-13(12)16/h2-8H,1H3. The van der Waals surface area contributed by atoms with Crippen molar-refractivity contribution in [3.63, 3.8) is 0 Å². The van der Waals surface area contributed by atoms with E-state index in [1.54, 1.807) is 12.1 Å². The molecule has 0 aromatic heterocycles. The lowest BCUT2D eigenvalue weighted by Gasteiger charge is -2.07. The summed E-state index contributed by atoms with van der Waals surface area (Å²) < 4.78 is 31.4. The summed E-state index contributed by atoms with van der Waals surface area (Å²) >= 11 is 0. The van der Waals surface area contributed by atoms with Crippen molar-refractivity contribution in [1.82, 2.24) is 0 Å². The lowest BCUT2D eigenvalue weighted by atomic mass is 10.0. The smallest absolute Gasteiger partial charge is 0.153 e. The Morgan fingerprint density at radius 3 is 2.50 bits per heavy atom. The zero-order valence-corrected chi connectivity index (χ0v) is 9.61. The second-order valence-corrected chi connectivity index (χ2v) is 3.70. The minimum atomic E-state index is -0.669. The van der Waals surface area contributed by atoms with E-state index in [4.69, 9.17) is 4.74 Å². The second kappa shape index (κ2) is 4.96. The highest BCUT2D eigenvalue weighted by Crippen LogP contribution is 2.27. The number of hydrogen-bond acceptors (Lipinski definition) is 2. The number of aldehydes is 1. The molecule has 0 amide bonds. The Bertz CT molecular complexity index is 594. The molecular formula is C14H10F2O2. The Kier molecular flexibility index (Phi) is 3.37. The molecule has 0 unspecified atom stereocenters. The average Bonchev–Trinajstić information content (AvgIpc) is 2.38. The van der Waals surface area contributed by atoms with E-state index in [1.807, 2.05) is 0 Å². The van der Waals surface area contributed by atoms with Crippen molar-refractivity contribution < 1.29 is 18.3 Å². The molecule has 0 fully saturated rings. The molecule has 2 aromatic carbocycles. The van der Waals surface area contributed by atoms with Gasteiger partial charge in [-0.1, -0.05) is 6.07 Å². The predicted molar refractivity (Wildman–Crippen MR) is 63.7 cm³/mol. The Morgan fingerprint density at radius 2 is 1.89 bits per heavy atom. The molecule has 0 radical (unpaired) electrons. The molecule has 2 rings (SSSR count). The monoisotopic (exact) mass is 248 g/mol. The van der Waals surface area contributed by atoms with E-state index in [9.17, 15) is 13.6 Å². The van der Waals surface area contributed by atoms with Gasteiger partial charge in [0.15, 0.2) is 6.29 Å². The van der Waals surface area contributed by atoms with Gasteiger partial charge in [-0.2, -0.15) is 0 Å². The second-order valence-electron chi connectivity index (χ2n) is 3.70. The van der Waals surface area contributed by atoms with E-state index < -0.39 is 11.6 Å². The van der Waals surface area contributed by atoms with Gasteiger partial charge in [0, 0.05) is 11.6 Å². The molecule has 0 N–H and O–H groups in total. The largest absolute Gasteiger partial charge is 0.496 e. The summed E-state index contributed by atoms with van der Waals surface area (Å²) in [5, 5.41) is 0. The maximum Gasteiger partial charge on any atom is 0.153 e. The molecule has 0 heterocycles. The van der Waals surface area contributed by atoms with Crippen molar-refractivity contribution in [3.05, 3.63) is 53.6 Å². The molecule has 0 aliphatic carbocycles. The van der Waals surface area contributed by atoms with Crippen LogP contribution in [0.1, 0.15) is 10.4 Å². The van der Waals surface area contributed by atoms with Crippen LogP contribution in [0, 0.1) is 11.6 Å². The number of carbonyl (C=O) groups is 1. The van der Waals surface area contributed by atoms with Crippen LogP contribution in [-0.2, 0) is 0 Å². The minimum Gasteiger partial charge on any atom is -0.496 e. The van der Waals surface area contributed by atoms with E-state index in [0.717, 1.165) is 6.07 Å². The minimum absolute atomic E-state index is 0.238. The van der Waals surface area contributed by atoms with Crippen LogP contribution in [-0.4, -0.2) is 13.4 Å². The molecule has 2 aromatic rings. The van der Waals surface area contributed by atoms with Gasteiger partial charge in [-0.15, -0.1) is 0 Å². The van der Waals surface area contributed by atoms with Crippen molar-refractivity contribution in [2.45, 2.75) is 0 Å². The van der Waals surface area contributed by atoms with Crippen molar-refractivity contribution in [3.8, 4) is 16.9 Å². The zero-order chi connectivity index (χ0) is 13.1. The van der Waals surface area contributed by atoms with Crippen LogP contribution in [0.4, 0.5) is 8.78 Å². The Labute approximate surface area is 103 Å². The van der Waals surface area contributed by atoms with E-state index in [-0.39, 0.29) is 5.56 Å². The van der Waals surface area contributed by atoms with Gasteiger partial charge in [0.25, 0.3) is 0 Å². The highest BCUT2D eigenvalue weighted by atomic mass is 19.1. The SMILES string of the molecule is COc1ccc(-c2ccc(F)cc2F)cc1C=O. The zero-order valence-electron chi connectivity index (χ0n) is 9.61. The summed E-state index contributed by atoms with van der Waals surface area (Å²) in [4.78, 5) is 10.9. The molecular weight excluding hydrogens is 238 g/mol. The Morgan fingerprint density at radius 1 is 1.11 bits per heavy atom. The van der Waals surface area contributed by atoms with Crippen LogP contribution >= 0.6 is 0 Å². The third kappa shape index (κ3) is 2.22. The topological polar surface area (TPSA) is 26.3 Å². The van der Waals surface area contributed by atoms with Crippen LogP contribution in [0.25, 0.3) is 11.1 Å². The molecule has 0 saturated carbocycles. The fraction of sp³-hybridized carbons (Fsp3) is 0.0714. The number of methoxy groups -OCH3 is 1. The van der Waals surface area contributed by atoms with Gasteiger partial charge >= 0.3 is 0 Å². The first-order valence-corrected chi connectivity index (χ1v) is 5.24. The highest BCUT2D eigenvalue weighted by Gasteiger charge is 2.09. The average molecular weight is 248 g/mol. The van der Waals surface area contributed by atoms with Crippen molar-refractivity contribution >= 4 is 6.29 Å². The summed E-state index contributed by atoms with van der Waals surface area (Å²) in [6.07, 6.45) is 0.629. The Hall–Kier alpha value is -2.23. The first-order valence-electron chi connectivity index (χ1n) is 5.24. The van der Waals surface area contributed by atoms with E-state index >= 15 is 0 Å². The number of halogens is 2. The fourth-order valence-corrected chi connectivity index (χ4v) is 1.72. The summed E-state index contributed by atoms with van der Waals surface area (Å²) in [6.45, 7) is 0. The van der Waals surface area contributed by atoms with Gasteiger partial charge in [0.05, 0.1) is 12.7 Å².